The normalized spacial score (nSPS) is 13.3. The SMILES string of the molecule is [2H]C([2H])(c1[c-]c(N2[CH-]N(c3c(-c4ccncc4)cccc3-c3ccncc3)c3ccccc32)ccc1)c1[c-]c2c(cc1)c1ccccc1n2-c1cc(C(C)(C)C)ccn1.[Pt]. The van der Waals surface area contributed by atoms with Crippen molar-refractivity contribution in [3.8, 4) is 28.1 Å². The van der Waals surface area contributed by atoms with Crippen LogP contribution in [0.2, 0.25) is 0 Å². The van der Waals surface area contributed by atoms with E-state index < -0.39 is 6.37 Å². The van der Waals surface area contributed by atoms with Gasteiger partial charge in [-0.1, -0.05) is 74.8 Å². The van der Waals surface area contributed by atoms with E-state index in [9.17, 15) is 2.74 Å². The molecule has 0 bridgehead atoms. The first-order chi connectivity index (χ1) is 28.7. The molecule has 9 aromatic rings. The van der Waals surface area contributed by atoms with E-state index in [1.54, 1.807) is 0 Å². The Morgan fingerprint density at radius 2 is 1.26 bits per heavy atom. The van der Waals surface area contributed by atoms with Crippen LogP contribution < -0.4 is 9.80 Å². The molecule has 286 valence electrons. The van der Waals surface area contributed by atoms with Crippen molar-refractivity contribution in [1.29, 1.82) is 0 Å². The van der Waals surface area contributed by atoms with E-state index in [0.29, 0.717) is 16.8 Å². The Hall–Kier alpha value is -6.36. The van der Waals surface area contributed by atoms with Crippen LogP contribution in [0.25, 0.3) is 49.9 Å². The van der Waals surface area contributed by atoms with Crippen LogP contribution in [-0.2, 0) is 32.9 Å². The van der Waals surface area contributed by atoms with Crippen molar-refractivity contribution in [2.24, 2.45) is 0 Å². The van der Waals surface area contributed by atoms with Gasteiger partial charge in [-0.15, -0.1) is 17.7 Å². The number of anilines is 4. The minimum Gasteiger partial charge on any atom is -0.493 e. The number of pyridine rings is 3. The van der Waals surface area contributed by atoms with Crippen molar-refractivity contribution in [3.05, 3.63) is 200 Å². The van der Waals surface area contributed by atoms with Crippen molar-refractivity contribution >= 4 is 44.6 Å². The van der Waals surface area contributed by atoms with E-state index in [2.05, 4.69) is 119 Å². The van der Waals surface area contributed by atoms with Crippen LogP contribution in [0.4, 0.5) is 22.7 Å². The quantitative estimate of drug-likeness (QED) is 0.149. The average molecular weight is 933 g/mol. The third-order valence-corrected chi connectivity index (χ3v) is 10.6. The summed E-state index contributed by atoms with van der Waals surface area (Å²) in [5, 5.41) is 2.05. The van der Waals surface area contributed by atoms with E-state index >= 15 is 0 Å². The molecule has 0 atom stereocenters. The maximum absolute atomic E-state index is 9.67. The van der Waals surface area contributed by atoms with Crippen LogP contribution in [0.5, 0.6) is 0 Å². The number of rotatable bonds is 7. The fourth-order valence-corrected chi connectivity index (χ4v) is 7.84. The summed E-state index contributed by atoms with van der Waals surface area (Å²) in [6.07, 6.45) is 7.18. The molecular weight excluding hydrogens is 892 g/mol. The van der Waals surface area contributed by atoms with Crippen LogP contribution in [0, 0.1) is 18.8 Å². The zero-order chi connectivity index (χ0) is 40.3. The number of aromatic nitrogens is 4. The monoisotopic (exact) mass is 932 g/mol. The second-order valence-electron chi connectivity index (χ2n) is 15.2. The van der Waals surface area contributed by atoms with Crippen molar-refractivity contribution in [3.63, 3.8) is 0 Å². The average Bonchev–Trinajstić information content (AvgIpc) is 3.82. The van der Waals surface area contributed by atoms with Crippen LogP contribution in [0.1, 0.15) is 40.2 Å². The predicted octanol–water partition coefficient (Wildman–Crippen LogP) is 12.2. The summed E-state index contributed by atoms with van der Waals surface area (Å²) >= 11 is 0. The van der Waals surface area contributed by atoms with Crippen molar-refractivity contribution in [2.45, 2.75) is 32.6 Å². The fraction of sp³-hybridized carbons (Fsp3) is 0.0980. The number of nitrogens with zero attached hydrogens (tertiary/aromatic N) is 6. The van der Waals surface area contributed by atoms with E-state index in [4.69, 9.17) is 4.98 Å². The molecule has 0 saturated heterocycles. The second kappa shape index (κ2) is 15.2. The molecule has 5 heterocycles. The number of hydrogen-bond donors (Lipinski definition) is 0. The molecular formula is C51H39N6Pt-3. The van der Waals surface area contributed by atoms with Gasteiger partial charge in [-0.05, 0) is 88.5 Å². The molecule has 1 aliphatic heterocycles. The first-order valence-electron chi connectivity index (χ1n) is 20.1. The smallest absolute Gasteiger partial charge is 0.135 e. The van der Waals surface area contributed by atoms with Gasteiger partial charge in [0.25, 0.3) is 0 Å². The van der Waals surface area contributed by atoms with E-state index in [0.717, 1.165) is 66.9 Å². The topological polar surface area (TPSA) is 50.1 Å². The maximum Gasteiger partial charge on any atom is 0.135 e. The largest absolute Gasteiger partial charge is 0.493 e. The molecule has 0 radical (unpaired) electrons. The van der Waals surface area contributed by atoms with E-state index in [1.807, 2.05) is 110 Å². The van der Waals surface area contributed by atoms with Gasteiger partial charge in [0.05, 0.1) is 0 Å². The molecule has 0 N–H and O–H groups in total. The van der Waals surface area contributed by atoms with Gasteiger partial charge in [0.15, 0.2) is 0 Å². The minimum atomic E-state index is -1.94. The van der Waals surface area contributed by atoms with Crippen LogP contribution in [0.3, 0.4) is 0 Å². The Balaban J connectivity index is 0.00000462. The van der Waals surface area contributed by atoms with Gasteiger partial charge in [-0.25, -0.2) is 4.98 Å². The molecule has 6 nitrogen and oxygen atoms in total. The Morgan fingerprint density at radius 1 is 0.621 bits per heavy atom. The van der Waals surface area contributed by atoms with E-state index in [-0.39, 0.29) is 26.5 Å². The minimum absolute atomic E-state index is 0. The molecule has 10 rings (SSSR count). The third kappa shape index (κ3) is 6.67. The zero-order valence-corrected chi connectivity index (χ0v) is 34.4. The molecule has 0 amide bonds. The van der Waals surface area contributed by atoms with Gasteiger partial charge < -0.3 is 14.4 Å². The standard InChI is InChI=1S/C51H39N6.Pt/c1-51(2,3)39-24-29-54-49(33-39)57-45-15-5-4-12-43(45)44-19-18-36(32-48(44)57)30-35-10-8-11-40(31-35)55-34-56(47-17-7-6-16-46(47)55)50-41(37-20-25-52-26-21-37)13-9-14-42(50)38-22-27-53-28-23-38;/h4-29,33-34H,30H2,1-3H3;/q-3;/i30D2;. The summed E-state index contributed by atoms with van der Waals surface area (Å²) in [7, 11) is 0. The zero-order valence-electron chi connectivity index (χ0n) is 34.2. The molecule has 5 aromatic carbocycles. The number of hydrogen-bond acceptors (Lipinski definition) is 5. The summed E-state index contributed by atoms with van der Waals surface area (Å²) in [5.74, 6) is 0.775. The first kappa shape index (κ1) is 34.9. The predicted molar refractivity (Wildman–Crippen MR) is 232 cm³/mol. The van der Waals surface area contributed by atoms with Crippen molar-refractivity contribution < 1.29 is 23.8 Å². The molecule has 7 heteroatoms. The number of para-hydroxylation sites is 4. The molecule has 0 saturated carbocycles. The summed E-state index contributed by atoms with van der Waals surface area (Å²) in [5.41, 5.74) is 11.5. The van der Waals surface area contributed by atoms with Gasteiger partial charge in [0, 0.05) is 88.5 Å². The Morgan fingerprint density at radius 3 is 1.97 bits per heavy atom. The molecule has 1 aliphatic rings. The summed E-state index contributed by atoms with van der Waals surface area (Å²) in [6, 6.07) is 51.8. The molecule has 0 spiro atoms. The number of benzene rings is 5. The van der Waals surface area contributed by atoms with Gasteiger partial charge in [0.1, 0.15) is 5.82 Å². The maximum atomic E-state index is 9.67. The number of fused-ring (bicyclic) bond motifs is 4. The second-order valence-corrected chi connectivity index (χ2v) is 15.2. The Kier molecular flexibility index (Phi) is 9.13. The summed E-state index contributed by atoms with van der Waals surface area (Å²) in [6.45, 7) is 8.66. The summed E-state index contributed by atoms with van der Waals surface area (Å²) < 4.78 is 21.5. The van der Waals surface area contributed by atoms with Crippen LogP contribution >= 0.6 is 0 Å². The molecule has 0 unspecified atom stereocenters. The third-order valence-electron chi connectivity index (χ3n) is 10.6. The molecule has 0 aliphatic carbocycles. The molecule has 0 fully saturated rings. The van der Waals surface area contributed by atoms with Gasteiger partial charge in [-0.2, -0.15) is 53.6 Å². The van der Waals surface area contributed by atoms with Crippen molar-refractivity contribution in [2.75, 3.05) is 9.80 Å². The van der Waals surface area contributed by atoms with Crippen molar-refractivity contribution in [1.82, 2.24) is 19.5 Å². The first-order valence-corrected chi connectivity index (χ1v) is 19.1. The Bertz CT molecular complexity index is 2960. The molecule has 58 heavy (non-hydrogen) atoms. The van der Waals surface area contributed by atoms with Crippen LogP contribution in [0.15, 0.2) is 164 Å². The van der Waals surface area contributed by atoms with Gasteiger partial charge >= 0.3 is 0 Å². The van der Waals surface area contributed by atoms with E-state index in [1.165, 1.54) is 5.56 Å². The van der Waals surface area contributed by atoms with Crippen LogP contribution in [-0.4, -0.2) is 19.5 Å². The summed E-state index contributed by atoms with van der Waals surface area (Å²) in [4.78, 5) is 17.7. The van der Waals surface area contributed by atoms with Gasteiger partial charge in [-0.3, -0.25) is 9.97 Å². The fourth-order valence-electron chi connectivity index (χ4n) is 7.84. The Labute approximate surface area is 356 Å². The molecule has 4 aromatic heterocycles. The van der Waals surface area contributed by atoms with Gasteiger partial charge in [0.2, 0.25) is 0 Å².